The minimum Gasteiger partial charge on any atom is -0.480 e. The lowest BCUT2D eigenvalue weighted by atomic mass is 10.1. The Hall–Kier alpha value is -4.28. The van der Waals surface area contributed by atoms with Crippen LogP contribution in [0.5, 0.6) is 0 Å². The number of rotatable bonds is 8. The second-order valence-corrected chi connectivity index (χ2v) is 9.50. The van der Waals surface area contributed by atoms with Gasteiger partial charge in [0.05, 0.1) is 17.1 Å². The van der Waals surface area contributed by atoms with Crippen LogP contribution in [0.15, 0.2) is 66.0 Å². The minimum absolute atomic E-state index is 0.00585. The van der Waals surface area contributed by atoms with Crippen LogP contribution >= 0.6 is 22.9 Å². The summed E-state index contributed by atoms with van der Waals surface area (Å²) < 4.78 is 3.18. The van der Waals surface area contributed by atoms with E-state index in [1.54, 1.807) is 65.4 Å². The molecule has 2 aromatic carbocycles. The van der Waals surface area contributed by atoms with Gasteiger partial charge in [-0.1, -0.05) is 41.9 Å². The van der Waals surface area contributed by atoms with Crippen molar-refractivity contribution in [1.29, 1.82) is 0 Å². The van der Waals surface area contributed by atoms with Gasteiger partial charge in [0.25, 0.3) is 5.91 Å². The van der Waals surface area contributed by atoms with E-state index in [-0.39, 0.29) is 24.6 Å². The van der Waals surface area contributed by atoms with E-state index in [4.69, 9.17) is 11.6 Å². The van der Waals surface area contributed by atoms with Crippen molar-refractivity contribution < 1.29 is 19.5 Å². The average Bonchev–Trinajstić information content (AvgIpc) is 3.59. The van der Waals surface area contributed by atoms with E-state index in [2.05, 4.69) is 15.5 Å². The summed E-state index contributed by atoms with van der Waals surface area (Å²) in [6.45, 7) is 1.41. The Kier molecular flexibility index (Phi) is 6.60. The molecule has 5 rings (SSSR count). The number of benzene rings is 2. The lowest BCUT2D eigenvalue weighted by Crippen LogP contribution is -2.28. The summed E-state index contributed by atoms with van der Waals surface area (Å²) in [5.41, 5.74) is 1.69. The van der Waals surface area contributed by atoms with Gasteiger partial charge in [-0.3, -0.25) is 19.0 Å². The molecule has 0 fully saturated rings. The number of thiophene rings is 1. The van der Waals surface area contributed by atoms with Gasteiger partial charge in [0, 0.05) is 16.5 Å². The number of carbonyl (C=O) groups excluding carboxylic acids is 2. The molecule has 0 atom stereocenters. The first-order chi connectivity index (χ1) is 17.8. The molecule has 0 aliphatic rings. The SMILES string of the molecule is Cc1nnc(CNC(=O)c2cc3ccccc3n2CC(=O)O)n1-c1sccc1C(=O)c1ccccc1Cl. The Labute approximate surface area is 219 Å². The fraction of sp³-hybridized carbons (Fsp3) is 0.115. The highest BCUT2D eigenvalue weighted by Crippen LogP contribution is 2.29. The largest absolute Gasteiger partial charge is 0.480 e. The van der Waals surface area contributed by atoms with Crippen molar-refractivity contribution in [2.45, 2.75) is 20.0 Å². The Morgan fingerprint density at radius 3 is 2.57 bits per heavy atom. The Morgan fingerprint density at radius 1 is 1.03 bits per heavy atom. The van der Waals surface area contributed by atoms with Crippen molar-refractivity contribution in [2.75, 3.05) is 0 Å². The third-order valence-corrected chi connectivity index (χ3v) is 7.07. The lowest BCUT2D eigenvalue weighted by Gasteiger charge is -2.11. The second kappa shape index (κ2) is 10.00. The zero-order valence-corrected chi connectivity index (χ0v) is 21.1. The van der Waals surface area contributed by atoms with Gasteiger partial charge in [0.15, 0.2) is 11.6 Å². The molecule has 11 heteroatoms. The second-order valence-electron chi connectivity index (χ2n) is 8.20. The maximum atomic E-state index is 13.3. The summed E-state index contributed by atoms with van der Waals surface area (Å²) >= 11 is 7.60. The van der Waals surface area contributed by atoms with Crippen molar-refractivity contribution in [3.05, 3.63) is 99.5 Å². The molecule has 0 aliphatic carbocycles. The molecule has 1 amide bonds. The quantitative estimate of drug-likeness (QED) is 0.284. The smallest absolute Gasteiger partial charge is 0.323 e. The van der Waals surface area contributed by atoms with Crippen molar-refractivity contribution in [3.8, 4) is 5.00 Å². The standard InChI is InChI=1S/C26H20ClN5O4S/c1-15-29-30-22(32(15)26-18(10-11-37-26)24(35)17-7-3-4-8-19(17)27)13-28-25(36)21-12-16-6-2-5-9-20(16)31(21)14-23(33)34/h2-12H,13-14H2,1H3,(H,28,36)(H,33,34). The van der Waals surface area contributed by atoms with Crippen LogP contribution in [0.2, 0.25) is 5.02 Å². The topological polar surface area (TPSA) is 119 Å². The lowest BCUT2D eigenvalue weighted by molar-refractivity contribution is -0.137. The number of nitrogens with one attached hydrogen (secondary N) is 1. The predicted molar refractivity (Wildman–Crippen MR) is 140 cm³/mol. The molecule has 0 saturated carbocycles. The third kappa shape index (κ3) is 4.64. The highest BCUT2D eigenvalue weighted by atomic mass is 35.5. The van der Waals surface area contributed by atoms with E-state index in [0.29, 0.717) is 38.3 Å². The molecule has 2 N–H and O–H groups in total. The number of carboxylic acids is 1. The van der Waals surface area contributed by atoms with Crippen LogP contribution in [0.1, 0.15) is 38.1 Å². The molecule has 5 aromatic rings. The number of hydrogen-bond acceptors (Lipinski definition) is 6. The molecule has 0 bridgehead atoms. The highest BCUT2D eigenvalue weighted by Gasteiger charge is 2.23. The number of aryl methyl sites for hydroxylation is 1. The molecular weight excluding hydrogens is 514 g/mol. The van der Waals surface area contributed by atoms with Crippen LogP contribution < -0.4 is 5.32 Å². The van der Waals surface area contributed by atoms with Crippen molar-refractivity contribution in [1.82, 2.24) is 24.6 Å². The van der Waals surface area contributed by atoms with Crippen LogP contribution in [0.4, 0.5) is 0 Å². The number of aliphatic carboxylic acids is 1. The number of aromatic nitrogens is 4. The summed E-state index contributed by atoms with van der Waals surface area (Å²) in [6.07, 6.45) is 0. The van der Waals surface area contributed by atoms with Crippen LogP contribution in [0.3, 0.4) is 0 Å². The molecule has 0 saturated heterocycles. The molecule has 0 aliphatic heterocycles. The number of hydrogen-bond donors (Lipinski definition) is 2. The van der Waals surface area contributed by atoms with E-state index < -0.39 is 11.9 Å². The van der Waals surface area contributed by atoms with Crippen molar-refractivity contribution in [3.63, 3.8) is 0 Å². The van der Waals surface area contributed by atoms with Crippen LogP contribution in [-0.4, -0.2) is 42.1 Å². The number of carboxylic acid groups (broad SMARTS) is 1. The first-order valence-corrected chi connectivity index (χ1v) is 12.5. The molecule has 3 aromatic heterocycles. The van der Waals surface area contributed by atoms with E-state index >= 15 is 0 Å². The molecule has 0 radical (unpaired) electrons. The van der Waals surface area contributed by atoms with Gasteiger partial charge in [-0.2, -0.15) is 0 Å². The number of amides is 1. The fourth-order valence-corrected chi connectivity index (χ4v) is 5.36. The number of nitrogens with zero attached hydrogens (tertiary/aromatic N) is 4. The number of ketones is 1. The Morgan fingerprint density at radius 2 is 1.78 bits per heavy atom. The van der Waals surface area contributed by atoms with Gasteiger partial charge in [-0.25, -0.2) is 0 Å². The number of para-hydroxylation sites is 1. The van der Waals surface area contributed by atoms with E-state index in [0.717, 1.165) is 5.39 Å². The van der Waals surface area contributed by atoms with Crippen molar-refractivity contribution >= 4 is 51.5 Å². The molecule has 9 nitrogen and oxygen atoms in total. The Balaban J connectivity index is 1.44. The number of halogens is 1. The molecule has 3 heterocycles. The summed E-state index contributed by atoms with van der Waals surface area (Å²) in [4.78, 5) is 37.9. The van der Waals surface area contributed by atoms with Gasteiger partial charge < -0.3 is 15.0 Å². The first kappa shape index (κ1) is 24.4. The zero-order valence-electron chi connectivity index (χ0n) is 19.5. The van der Waals surface area contributed by atoms with Gasteiger partial charge in [0.2, 0.25) is 0 Å². The van der Waals surface area contributed by atoms with Crippen LogP contribution in [-0.2, 0) is 17.9 Å². The highest BCUT2D eigenvalue weighted by molar-refractivity contribution is 7.13. The predicted octanol–water partition coefficient (Wildman–Crippen LogP) is 4.49. The normalized spacial score (nSPS) is 11.1. The van der Waals surface area contributed by atoms with Gasteiger partial charge in [0.1, 0.15) is 23.1 Å². The van der Waals surface area contributed by atoms with E-state index in [1.807, 2.05) is 12.1 Å². The molecular formula is C26H20ClN5O4S. The summed E-state index contributed by atoms with van der Waals surface area (Å²) in [7, 11) is 0. The minimum atomic E-state index is -1.06. The van der Waals surface area contributed by atoms with Crippen molar-refractivity contribution in [2.24, 2.45) is 0 Å². The molecule has 0 spiro atoms. The Bertz CT molecular complexity index is 1670. The van der Waals surface area contributed by atoms with E-state index in [1.165, 1.54) is 15.9 Å². The molecule has 0 unspecified atom stereocenters. The molecule has 37 heavy (non-hydrogen) atoms. The summed E-state index contributed by atoms with van der Waals surface area (Å²) in [6, 6.07) is 17.4. The molecule has 186 valence electrons. The number of carbonyl (C=O) groups is 3. The zero-order chi connectivity index (χ0) is 26.1. The van der Waals surface area contributed by atoms with Gasteiger partial charge >= 0.3 is 5.97 Å². The fourth-order valence-electron chi connectivity index (χ4n) is 4.18. The third-order valence-electron chi connectivity index (χ3n) is 5.85. The van der Waals surface area contributed by atoms with Gasteiger partial charge in [-0.05, 0) is 42.6 Å². The summed E-state index contributed by atoms with van der Waals surface area (Å²) in [5.74, 6) is -0.784. The monoisotopic (exact) mass is 533 g/mol. The van der Waals surface area contributed by atoms with E-state index in [9.17, 15) is 19.5 Å². The van der Waals surface area contributed by atoms with Crippen LogP contribution in [0, 0.1) is 6.92 Å². The number of fused-ring (bicyclic) bond motifs is 1. The summed E-state index contributed by atoms with van der Waals surface area (Å²) in [5, 5.41) is 24.1. The maximum absolute atomic E-state index is 13.3. The average molecular weight is 534 g/mol. The van der Waals surface area contributed by atoms with Crippen LogP contribution in [0.25, 0.3) is 15.9 Å². The first-order valence-electron chi connectivity index (χ1n) is 11.2. The maximum Gasteiger partial charge on any atom is 0.323 e. The van der Waals surface area contributed by atoms with Gasteiger partial charge in [-0.15, -0.1) is 21.5 Å².